The summed E-state index contributed by atoms with van der Waals surface area (Å²) in [7, 11) is -5.55. The Morgan fingerprint density at radius 2 is 1.39 bits per heavy atom. The summed E-state index contributed by atoms with van der Waals surface area (Å²) in [5.41, 5.74) is 0.479. The summed E-state index contributed by atoms with van der Waals surface area (Å²) in [5.74, 6) is 1.24. The zero-order chi connectivity index (χ0) is 50.1. The Hall–Kier alpha value is -6.60. The Morgan fingerprint density at radius 1 is 0.841 bits per heavy atom. The fourth-order valence-electron chi connectivity index (χ4n) is 7.35. The lowest BCUT2D eigenvalue weighted by molar-refractivity contribution is 0.0494. The largest absolute Gasteiger partial charge is 0.497 e. The Morgan fingerprint density at radius 3 is 1.90 bits per heavy atom. The minimum atomic E-state index is -5.08. The Labute approximate surface area is 399 Å². The van der Waals surface area contributed by atoms with E-state index < -0.39 is 85.6 Å². The standard InChI is InChI=1S/C45H56FN9O12S2/c1-45(2,3)67-44(59)47-23-32(56)24-48-68(60,61)39-20-19-38(53-22-21-37(36(46)28-53)49-43(57)58)40(42-50-52-55(51-42)27-31-11-17-35(66-6)18-12-31)41(39)69(62,63)54(25-29-7-13-33(64-4)14-8-29)26-30-9-15-34(65-5)16-10-30/h7-20,32,36-37,48-49,56H,21-28H2,1-6H3,(H,47,59)(H,57,58)/t32?,36-,37+/m1/s1. The Bertz CT molecular complexity index is 2730. The van der Waals surface area contributed by atoms with Crippen LogP contribution in [0.5, 0.6) is 17.2 Å². The van der Waals surface area contributed by atoms with E-state index in [1.54, 1.807) is 93.6 Å². The van der Waals surface area contributed by atoms with Crippen LogP contribution in [0.15, 0.2) is 94.7 Å². The molecule has 1 aliphatic rings. The van der Waals surface area contributed by atoms with Gasteiger partial charge in [0.15, 0.2) is 0 Å². The molecule has 372 valence electrons. The van der Waals surface area contributed by atoms with Gasteiger partial charge >= 0.3 is 12.2 Å². The van der Waals surface area contributed by atoms with Gasteiger partial charge in [-0.3, -0.25) is 0 Å². The van der Waals surface area contributed by atoms with Crippen LogP contribution < -0.4 is 34.5 Å². The molecule has 0 bridgehead atoms. The molecule has 1 unspecified atom stereocenters. The second kappa shape index (κ2) is 22.2. The maximum atomic E-state index is 15.9. The average Bonchev–Trinajstić information content (AvgIpc) is 3.78. The highest BCUT2D eigenvalue weighted by atomic mass is 32.2. The minimum Gasteiger partial charge on any atom is -0.497 e. The first-order valence-corrected chi connectivity index (χ1v) is 24.5. The van der Waals surface area contributed by atoms with Crippen molar-refractivity contribution in [3.05, 3.63) is 102 Å². The SMILES string of the molecule is COc1ccc(CN(Cc2ccc(OC)cc2)S(=O)(=O)c2c(S(=O)(=O)NCC(O)CNC(=O)OC(C)(C)C)ccc(N3CC[C@H](NC(=O)O)[C@H](F)C3)c2-c2nnn(Cc3ccc(OC)cc3)n2)cc1. The number of ether oxygens (including phenoxy) is 4. The summed E-state index contributed by atoms with van der Waals surface area (Å²) in [4.78, 5) is 24.9. The van der Waals surface area contributed by atoms with Gasteiger partial charge in [-0.2, -0.15) is 9.10 Å². The quantitative estimate of drug-likeness (QED) is 0.0733. The molecule has 4 aromatic carbocycles. The lowest BCUT2D eigenvalue weighted by atomic mass is 10.0. The number of aliphatic hydroxyl groups is 1. The van der Waals surface area contributed by atoms with Crippen LogP contribution in [-0.4, -0.2) is 135 Å². The summed E-state index contributed by atoms with van der Waals surface area (Å²) >= 11 is 0. The molecule has 2 heterocycles. The molecule has 0 saturated carbocycles. The first-order chi connectivity index (χ1) is 32.7. The number of carbonyl (C=O) groups is 2. The molecule has 5 N–H and O–H groups in total. The summed E-state index contributed by atoms with van der Waals surface area (Å²) in [6, 6.07) is 21.4. The van der Waals surface area contributed by atoms with E-state index in [2.05, 4.69) is 30.8 Å². The minimum absolute atomic E-state index is 0.00314. The van der Waals surface area contributed by atoms with Crippen LogP contribution in [0.25, 0.3) is 11.4 Å². The number of piperidine rings is 1. The third-order valence-corrected chi connectivity index (χ3v) is 14.2. The fraction of sp³-hybridized carbons (Fsp3) is 0.400. The number of halogens is 1. The van der Waals surface area contributed by atoms with Gasteiger partial charge in [-0.15, -0.1) is 10.2 Å². The van der Waals surface area contributed by atoms with Gasteiger partial charge in [0, 0.05) is 38.4 Å². The maximum Gasteiger partial charge on any atom is 0.407 e. The second-order valence-corrected chi connectivity index (χ2v) is 20.6. The molecular weight excluding hydrogens is 942 g/mol. The van der Waals surface area contributed by atoms with Gasteiger partial charge in [0.2, 0.25) is 25.9 Å². The number of rotatable bonds is 20. The molecule has 21 nitrogen and oxygen atoms in total. The van der Waals surface area contributed by atoms with Crippen molar-refractivity contribution >= 4 is 37.9 Å². The lowest BCUT2D eigenvalue weighted by Crippen LogP contribution is -2.52. The first kappa shape index (κ1) is 51.8. The third-order valence-electron chi connectivity index (χ3n) is 10.8. The number of hydrogen-bond donors (Lipinski definition) is 5. The number of amides is 2. The van der Waals surface area contributed by atoms with Gasteiger partial charge in [0.05, 0.1) is 52.1 Å². The van der Waals surface area contributed by atoms with Crippen LogP contribution in [0.2, 0.25) is 0 Å². The van der Waals surface area contributed by atoms with E-state index in [1.165, 1.54) is 37.1 Å². The highest BCUT2D eigenvalue weighted by Gasteiger charge is 2.40. The third kappa shape index (κ3) is 13.6. The van der Waals surface area contributed by atoms with Crippen LogP contribution in [0.4, 0.5) is 19.7 Å². The number of methoxy groups -OCH3 is 3. The normalized spacial score (nSPS) is 15.9. The van der Waals surface area contributed by atoms with Crippen LogP contribution in [0.3, 0.4) is 0 Å². The van der Waals surface area contributed by atoms with Crippen molar-refractivity contribution in [1.82, 2.24) is 39.9 Å². The molecule has 0 radical (unpaired) electrons. The number of aromatic nitrogens is 4. The van der Waals surface area contributed by atoms with Crippen molar-refractivity contribution < 1.29 is 60.0 Å². The zero-order valence-corrected chi connectivity index (χ0v) is 40.5. The molecule has 6 rings (SSSR count). The van der Waals surface area contributed by atoms with E-state index in [0.29, 0.717) is 33.9 Å². The van der Waals surface area contributed by atoms with E-state index in [-0.39, 0.29) is 49.7 Å². The molecular formula is C45H56FN9O12S2. The van der Waals surface area contributed by atoms with Crippen molar-refractivity contribution in [2.75, 3.05) is 52.4 Å². The molecule has 69 heavy (non-hydrogen) atoms. The fourth-order valence-corrected chi connectivity index (χ4v) is 10.8. The summed E-state index contributed by atoms with van der Waals surface area (Å²) in [6.45, 7) is 2.75. The van der Waals surface area contributed by atoms with Gasteiger partial charge in [-0.25, -0.2) is 35.5 Å². The highest BCUT2D eigenvalue weighted by molar-refractivity contribution is 7.92. The molecule has 1 saturated heterocycles. The van der Waals surface area contributed by atoms with Gasteiger partial charge in [-0.05, 0) is 97.6 Å². The number of nitrogens with zero attached hydrogens (tertiary/aromatic N) is 6. The monoisotopic (exact) mass is 997 g/mol. The number of tetrazole rings is 1. The summed E-state index contributed by atoms with van der Waals surface area (Å²) < 4.78 is 102. The van der Waals surface area contributed by atoms with Gasteiger partial charge < -0.3 is 44.7 Å². The van der Waals surface area contributed by atoms with Gasteiger partial charge in [-0.1, -0.05) is 36.4 Å². The average molecular weight is 998 g/mol. The number of benzene rings is 4. The van der Waals surface area contributed by atoms with Crippen molar-refractivity contribution in [2.45, 2.75) is 80.5 Å². The van der Waals surface area contributed by atoms with Crippen molar-refractivity contribution in [2.24, 2.45) is 0 Å². The van der Waals surface area contributed by atoms with E-state index in [1.807, 2.05) is 0 Å². The van der Waals surface area contributed by atoms with Crippen LogP contribution in [-0.2, 0) is 44.4 Å². The first-order valence-electron chi connectivity index (χ1n) is 21.6. The molecule has 1 aromatic heterocycles. The number of sulfonamides is 2. The molecule has 1 aliphatic heterocycles. The van der Waals surface area contributed by atoms with Gasteiger partial charge in [0.1, 0.15) is 38.8 Å². The smallest absolute Gasteiger partial charge is 0.407 e. The Kier molecular flexibility index (Phi) is 16.7. The topological polar surface area (TPSA) is 266 Å². The maximum absolute atomic E-state index is 15.9. The predicted octanol–water partition coefficient (Wildman–Crippen LogP) is 4.15. The number of alkyl carbamates (subject to hydrolysis) is 1. The van der Waals surface area contributed by atoms with Crippen molar-refractivity contribution in [1.29, 1.82) is 0 Å². The number of carboxylic acid groups (broad SMARTS) is 1. The number of anilines is 1. The zero-order valence-electron chi connectivity index (χ0n) is 38.8. The number of hydrogen-bond acceptors (Lipinski definition) is 15. The summed E-state index contributed by atoms with van der Waals surface area (Å²) in [6.07, 6.45) is -5.65. The molecule has 0 aliphatic carbocycles. The van der Waals surface area contributed by atoms with E-state index in [0.717, 1.165) is 10.4 Å². The highest BCUT2D eigenvalue weighted by Crippen LogP contribution is 2.42. The molecule has 3 atom stereocenters. The van der Waals surface area contributed by atoms with E-state index in [4.69, 9.17) is 18.9 Å². The van der Waals surface area contributed by atoms with E-state index in [9.17, 15) is 28.2 Å². The van der Waals surface area contributed by atoms with Crippen LogP contribution in [0, 0.1) is 0 Å². The van der Waals surface area contributed by atoms with Crippen LogP contribution in [0.1, 0.15) is 43.9 Å². The summed E-state index contributed by atoms with van der Waals surface area (Å²) in [5, 5.41) is 37.9. The molecule has 5 aromatic rings. The molecule has 24 heteroatoms. The van der Waals surface area contributed by atoms with Crippen molar-refractivity contribution in [3.8, 4) is 28.6 Å². The molecule has 0 spiro atoms. The van der Waals surface area contributed by atoms with Gasteiger partial charge in [0.25, 0.3) is 0 Å². The molecule has 1 fully saturated rings. The number of aliphatic hydroxyl groups excluding tert-OH is 1. The lowest BCUT2D eigenvalue weighted by Gasteiger charge is -2.37. The predicted molar refractivity (Wildman–Crippen MR) is 250 cm³/mol. The number of carbonyl (C=O) groups excluding carboxylic acids is 1. The van der Waals surface area contributed by atoms with Crippen LogP contribution >= 0.6 is 0 Å². The second-order valence-electron chi connectivity index (χ2n) is 16.9. The number of alkyl halides is 1. The molecule has 2 amide bonds. The Balaban J connectivity index is 1.54. The number of nitrogens with one attached hydrogen (secondary N) is 3. The van der Waals surface area contributed by atoms with E-state index >= 15 is 12.8 Å². The van der Waals surface area contributed by atoms with Crippen molar-refractivity contribution in [3.63, 3.8) is 0 Å².